The predicted molar refractivity (Wildman–Crippen MR) is 113 cm³/mol. The van der Waals surface area contributed by atoms with Crippen LogP contribution in [0.5, 0.6) is 5.75 Å². The fraction of sp³-hybridized carbons (Fsp3) is 0.150. The van der Waals surface area contributed by atoms with Gasteiger partial charge in [-0.2, -0.15) is 0 Å². The lowest BCUT2D eigenvalue weighted by molar-refractivity contribution is -0.122. The summed E-state index contributed by atoms with van der Waals surface area (Å²) in [5.41, 5.74) is 1.62. The first-order chi connectivity index (χ1) is 13.1. The molecule has 0 atom stereocenters. The Hall–Kier alpha value is -2.64. The van der Waals surface area contributed by atoms with Crippen LogP contribution in [0, 0.1) is 0 Å². The molecular weight excluding hydrogens is 380 g/mol. The second kappa shape index (κ2) is 8.83. The number of nitrogens with zero attached hydrogens (tertiary/aromatic N) is 1. The molecule has 138 valence electrons. The van der Waals surface area contributed by atoms with Gasteiger partial charge in [-0.1, -0.05) is 54.3 Å². The Bertz CT molecular complexity index is 880. The summed E-state index contributed by atoms with van der Waals surface area (Å²) in [5.74, 6) is 0.378. The number of carbonyl (C=O) groups is 2. The highest BCUT2D eigenvalue weighted by Gasteiger charge is 2.32. The van der Waals surface area contributed by atoms with Crippen LogP contribution in [0.15, 0.2) is 59.5 Å². The molecule has 1 saturated heterocycles. The molecule has 27 heavy (non-hydrogen) atoms. The van der Waals surface area contributed by atoms with Crippen molar-refractivity contribution in [1.29, 1.82) is 0 Å². The molecule has 1 aliphatic rings. The summed E-state index contributed by atoms with van der Waals surface area (Å²) in [7, 11) is 1.59. The minimum atomic E-state index is -0.179. The quantitative estimate of drug-likeness (QED) is 0.590. The first-order valence-corrected chi connectivity index (χ1v) is 9.53. The Morgan fingerprint density at radius 2 is 1.89 bits per heavy atom. The second-order valence-corrected chi connectivity index (χ2v) is 7.45. The summed E-state index contributed by atoms with van der Waals surface area (Å²) < 4.78 is 5.56. The van der Waals surface area contributed by atoms with Crippen LogP contribution in [0.4, 0.5) is 5.69 Å². The number of nitrogens with one attached hydrogen (secondary N) is 1. The third-order valence-corrected chi connectivity index (χ3v) is 5.28. The molecule has 0 spiro atoms. The maximum Gasteiger partial charge on any atom is 0.266 e. The summed E-state index contributed by atoms with van der Waals surface area (Å²) in [6.07, 6.45) is 1.98. The minimum absolute atomic E-state index is 0.161. The van der Waals surface area contributed by atoms with Crippen molar-refractivity contribution in [3.63, 3.8) is 0 Å². The van der Waals surface area contributed by atoms with Crippen LogP contribution in [0.25, 0.3) is 6.08 Å². The molecule has 1 aliphatic heterocycles. The zero-order chi connectivity index (χ0) is 19.2. The van der Waals surface area contributed by atoms with Crippen LogP contribution >= 0.6 is 24.0 Å². The third-order valence-electron chi connectivity index (χ3n) is 3.91. The summed E-state index contributed by atoms with van der Waals surface area (Å²) in [4.78, 5) is 26.8. The van der Waals surface area contributed by atoms with Crippen molar-refractivity contribution in [3.05, 3.63) is 65.1 Å². The number of hydrogen-bond donors (Lipinski definition) is 1. The molecule has 0 bridgehead atoms. The van der Waals surface area contributed by atoms with Gasteiger partial charge in [-0.05, 0) is 35.9 Å². The fourth-order valence-electron chi connectivity index (χ4n) is 2.50. The topological polar surface area (TPSA) is 58.6 Å². The van der Waals surface area contributed by atoms with Crippen LogP contribution in [0.1, 0.15) is 12.0 Å². The highest BCUT2D eigenvalue weighted by Crippen LogP contribution is 2.32. The lowest BCUT2D eigenvalue weighted by Gasteiger charge is -2.14. The molecule has 0 saturated carbocycles. The van der Waals surface area contributed by atoms with Crippen molar-refractivity contribution in [2.45, 2.75) is 6.42 Å². The van der Waals surface area contributed by atoms with Gasteiger partial charge in [-0.15, -0.1) is 0 Å². The number of amides is 2. The molecule has 2 amide bonds. The molecule has 2 aromatic carbocycles. The van der Waals surface area contributed by atoms with E-state index in [4.69, 9.17) is 17.0 Å². The lowest BCUT2D eigenvalue weighted by Crippen LogP contribution is -2.31. The van der Waals surface area contributed by atoms with E-state index in [1.165, 1.54) is 16.7 Å². The molecule has 0 radical (unpaired) electrons. The molecule has 1 N–H and O–H groups in total. The first-order valence-electron chi connectivity index (χ1n) is 8.31. The van der Waals surface area contributed by atoms with Crippen molar-refractivity contribution in [3.8, 4) is 5.75 Å². The number of rotatable bonds is 6. The highest BCUT2D eigenvalue weighted by atomic mass is 32.2. The van der Waals surface area contributed by atoms with Crippen molar-refractivity contribution in [1.82, 2.24) is 4.90 Å². The van der Waals surface area contributed by atoms with Gasteiger partial charge < -0.3 is 10.1 Å². The molecule has 1 heterocycles. The summed E-state index contributed by atoms with van der Waals surface area (Å²) >= 11 is 6.56. The van der Waals surface area contributed by atoms with Crippen molar-refractivity contribution in [2.75, 3.05) is 19.0 Å². The van der Waals surface area contributed by atoms with Gasteiger partial charge in [-0.3, -0.25) is 14.5 Å². The van der Waals surface area contributed by atoms with E-state index in [-0.39, 0.29) is 24.8 Å². The van der Waals surface area contributed by atoms with Gasteiger partial charge in [0.1, 0.15) is 10.1 Å². The number of ether oxygens (including phenoxy) is 1. The average molecular weight is 399 g/mol. The van der Waals surface area contributed by atoms with Gasteiger partial charge in [0.15, 0.2) is 0 Å². The average Bonchev–Trinajstić information content (AvgIpc) is 2.94. The van der Waals surface area contributed by atoms with E-state index in [1.807, 2.05) is 36.4 Å². The van der Waals surface area contributed by atoms with Crippen molar-refractivity contribution >= 4 is 51.9 Å². The van der Waals surface area contributed by atoms with E-state index in [1.54, 1.807) is 31.4 Å². The van der Waals surface area contributed by atoms with Gasteiger partial charge in [0.05, 0.1) is 12.0 Å². The Kier molecular flexibility index (Phi) is 6.26. The maximum atomic E-state index is 12.6. The van der Waals surface area contributed by atoms with Crippen molar-refractivity contribution in [2.24, 2.45) is 0 Å². The standard InChI is InChI=1S/C20H18N2O3S2/c1-25-16-9-7-15(8-10-16)21-18(23)11-12-22-19(24)17(27-20(22)26)13-14-5-3-2-4-6-14/h2-10,13H,11-12H2,1H3,(H,21,23)/b17-13+. The van der Waals surface area contributed by atoms with Gasteiger partial charge >= 0.3 is 0 Å². The van der Waals surface area contributed by atoms with E-state index in [2.05, 4.69) is 5.32 Å². The van der Waals surface area contributed by atoms with Gasteiger partial charge in [0, 0.05) is 18.7 Å². The van der Waals surface area contributed by atoms with Crippen LogP contribution in [0.3, 0.4) is 0 Å². The number of thioether (sulfide) groups is 1. The second-order valence-electron chi connectivity index (χ2n) is 5.77. The van der Waals surface area contributed by atoms with Gasteiger partial charge in [0.25, 0.3) is 5.91 Å². The fourth-order valence-corrected chi connectivity index (χ4v) is 3.81. The SMILES string of the molecule is COc1ccc(NC(=O)CCN2C(=O)/C(=C\c3ccccc3)SC2=S)cc1. The van der Waals surface area contributed by atoms with Crippen LogP contribution in [-0.4, -0.2) is 34.7 Å². The largest absolute Gasteiger partial charge is 0.497 e. The van der Waals surface area contributed by atoms with E-state index in [0.29, 0.717) is 14.9 Å². The van der Waals surface area contributed by atoms with Gasteiger partial charge in [0.2, 0.25) is 5.91 Å². The number of thiocarbonyl (C=S) groups is 1. The summed E-state index contributed by atoms with van der Waals surface area (Å²) in [6.45, 7) is 0.249. The predicted octanol–water partition coefficient (Wildman–Crippen LogP) is 3.93. The molecule has 0 unspecified atom stereocenters. The monoisotopic (exact) mass is 398 g/mol. The summed E-state index contributed by atoms with van der Waals surface area (Å²) in [5, 5.41) is 2.80. The Morgan fingerprint density at radius 3 is 2.56 bits per heavy atom. The minimum Gasteiger partial charge on any atom is -0.497 e. The Balaban J connectivity index is 1.57. The first kappa shape index (κ1) is 19.1. The molecule has 5 nitrogen and oxygen atoms in total. The van der Waals surface area contributed by atoms with Crippen LogP contribution in [-0.2, 0) is 9.59 Å². The number of anilines is 1. The molecule has 0 aliphatic carbocycles. The Labute approximate surface area is 167 Å². The number of benzene rings is 2. The van der Waals surface area contributed by atoms with Crippen LogP contribution in [0.2, 0.25) is 0 Å². The van der Waals surface area contributed by atoms with E-state index in [0.717, 1.165) is 11.3 Å². The summed E-state index contributed by atoms with van der Waals surface area (Å²) in [6, 6.07) is 16.7. The molecular formula is C20H18N2O3S2. The van der Waals surface area contributed by atoms with E-state index < -0.39 is 0 Å². The molecule has 1 fully saturated rings. The number of methoxy groups -OCH3 is 1. The number of carbonyl (C=O) groups excluding carboxylic acids is 2. The van der Waals surface area contributed by atoms with E-state index in [9.17, 15) is 9.59 Å². The third kappa shape index (κ3) is 4.96. The normalized spacial score (nSPS) is 15.3. The maximum absolute atomic E-state index is 12.6. The van der Waals surface area contributed by atoms with Crippen LogP contribution < -0.4 is 10.1 Å². The zero-order valence-electron chi connectivity index (χ0n) is 14.7. The molecule has 3 rings (SSSR count). The van der Waals surface area contributed by atoms with Gasteiger partial charge in [-0.25, -0.2) is 0 Å². The highest BCUT2D eigenvalue weighted by molar-refractivity contribution is 8.26. The lowest BCUT2D eigenvalue weighted by atomic mass is 10.2. The molecule has 0 aromatic heterocycles. The van der Waals surface area contributed by atoms with Crippen molar-refractivity contribution < 1.29 is 14.3 Å². The molecule has 7 heteroatoms. The zero-order valence-corrected chi connectivity index (χ0v) is 16.3. The van der Waals surface area contributed by atoms with E-state index >= 15 is 0 Å². The number of hydrogen-bond acceptors (Lipinski definition) is 5. The smallest absolute Gasteiger partial charge is 0.266 e. The molecule has 2 aromatic rings. The Morgan fingerprint density at radius 1 is 1.19 bits per heavy atom.